The van der Waals surface area contributed by atoms with E-state index in [4.69, 9.17) is 0 Å². The Labute approximate surface area is 183 Å². The van der Waals surface area contributed by atoms with Crippen LogP contribution in [0.15, 0.2) is 30.5 Å². The van der Waals surface area contributed by atoms with Crippen LogP contribution in [-0.4, -0.2) is 76.2 Å². The van der Waals surface area contributed by atoms with Gasteiger partial charge in [-0.15, -0.1) is 0 Å². The first-order chi connectivity index (χ1) is 14.9. The second-order valence-corrected chi connectivity index (χ2v) is 9.12. The molecule has 2 fully saturated rings. The Morgan fingerprint density at radius 1 is 1.19 bits per heavy atom. The minimum Gasteiger partial charge on any atom is -0.361 e. The number of carbonyl (C=O) groups excluding carboxylic acids is 3. The van der Waals surface area contributed by atoms with Gasteiger partial charge in [0.2, 0.25) is 17.7 Å². The third kappa shape index (κ3) is 4.60. The number of hydrogen-bond donors (Lipinski definition) is 1. The van der Waals surface area contributed by atoms with E-state index in [0.29, 0.717) is 44.9 Å². The Morgan fingerprint density at radius 2 is 2.00 bits per heavy atom. The molecule has 7 heteroatoms. The van der Waals surface area contributed by atoms with Crippen LogP contribution in [0.2, 0.25) is 0 Å². The molecule has 2 saturated heterocycles. The van der Waals surface area contributed by atoms with E-state index in [1.807, 2.05) is 32.2 Å². The Bertz CT molecular complexity index is 967. The number of para-hydroxylation sites is 1. The lowest BCUT2D eigenvalue weighted by atomic mass is 10.1. The number of aromatic amines is 1. The topological polar surface area (TPSA) is 76.7 Å². The Hall–Kier alpha value is -2.83. The molecule has 2 aromatic rings. The molecule has 3 amide bonds. The lowest BCUT2D eigenvalue weighted by molar-refractivity contribution is -0.156. The zero-order valence-corrected chi connectivity index (χ0v) is 18.5. The van der Waals surface area contributed by atoms with Crippen LogP contribution in [0, 0.1) is 5.92 Å². The summed E-state index contributed by atoms with van der Waals surface area (Å²) >= 11 is 0. The van der Waals surface area contributed by atoms with Gasteiger partial charge in [-0.3, -0.25) is 14.4 Å². The second-order valence-electron chi connectivity index (χ2n) is 9.12. The van der Waals surface area contributed by atoms with Crippen molar-refractivity contribution >= 4 is 28.6 Å². The quantitative estimate of drug-likeness (QED) is 0.774. The highest BCUT2D eigenvalue weighted by molar-refractivity contribution is 5.95. The van der Waals surface area contributed by atoms with Crippen LogP contribution in [0.5, 0.6) is 0 Å². The maximum atomic E-state index is 13.0. The van der Waals surface area contributed by atoms with Crippen molar-refractivity contribution in [3.05, 3.63) is 36.0 Å². The molecule has 1 atom stereocenters. The van der Waals surface area contributed by atoms with Gasteiger partial charge in [0.1, 0.15) is 6.04 Å². The number of carbonyl (C=O) groups is 3. The molecular weight excluding hydrogens is 392 g/mol. The number of benzene rings is 1. The maximum Gasteiger partial charge on any atom is 0.247 e. The standard InChI is InChI=1S/C24H32N4O3/c1-17(2)14-27-16-23(30)28-12-6-11-26(15-21(28)24(27)31)22(29)10-5-7-18-13-25-20-9-4-3-8-19(18)20/h3-4,8-9,13,17,21,25H,5-7,10-12,14-16H2,1-2H3. The molecule has 31 heavy (non-hydrogen) atoms. The van der Waals surface area contributed by atoms with Crippen LogP contribution in [0.4, 0.5) is 0 Å². The van der Waals surface area contributed by atoms with Gasteiger partial charge in [-0.2, -0.15) is 0 Å². The number of fused-ring (bicyclic) bond motifs is 2. The van der Waals surface area contributed by atoms with Gasteiger partial charge in [0, 0.05) is 43.2 Å². The zero-order valence-electron chi connectivity index (χ0n) is 18.5. The number of piperazine rings is 1. The number of amides is 3. The maximum absolute atomic E-state index is 13.0. The third-order valence-electron chi connectivity index (χ3n) is 6.29. The van der Waals surface area contributed by atoms with Gasteiger partial charge in [-0.1, -0.05) is 32.0 Å². The van der Waals surface area contributed by atoms with Crippen LogP contribution in [0.1, 0.15) is 38.7 Å². The van der Waals surface area contributed by atoms with Gasteiger partial charge >= 0.3 is 0 Å². The molecule has 0 saturated carbocycles. The van der Waals surface area contributed by atoms with Gasteiger partial charge < -0.3 is 19.7 Å². The number of aromatic nitrogens is 1. The minimum atomic E-state index is -0.542. The summed E-state index contributed by atoms with van der Waals surface area (Å²) in [6.45, 7) is 6.28. The Morgan fingerprint density at radius 3 is 2.81 bits per heavy atom. The van der Waals surface area contributed by atoms with E-state index in [-0.39, 0.29) is 24.3 Å². The lowest BCUT2D eigenvalue weighted by Gasteiger charge is -2.40. The van der Waals surface area contributed by atoms with Crippen LogP contribution in [0.25, 0.3) is 10.9 Å². The molecule has 1 unspecified atom stereocenters. The van der Waals surface area contributed by atoms with Gasteiger partial charge in [0.15, 0.2) is 0 Å². The van der Waals surface area contributed by atoms with E-state index in [9.17, 15) is 14.4 Å². The van der Waals surface area contributed by atoms with E-state index in [2.05, 4.69) is 17.1 Å². The van der Waals surface area contributed by atoms with Crippen LogP contribution < -0.4 is 0 Å². The summed E-state index contributed by atoms with van der Waals surface area (Å²) in [5.74, 6) is 0.352. The van der Waals surface area contributed by atoms with Crippen molar-refractivity contribution in [3.63, 3.8) is 0 Å². The van der Waals surface area contributed by atoms with E-state index in [1.165, 1.54) is 10.9 Å². The summed E-state index contributed by atoms with van der Waals surface area (Å²) in [6, 6.07) is 7.65. The molecular formula is C24H32N4O3. The predicted molar refractivity (Wildman–Crippen MR) is 119 cm³/mol. The molecule has 0 spiro atoms. The van der Waals surface area contributed by atoms with Gasteiger partial charge in [-0.25, -0.2) is 0 Å². The minimum absolute atomic E-state index is 0.00103. The molecule has 1 aromatic heterocycles. The molecule has 2 aliphatic rings. The summed E-state index contributed by atoms with van der Waals surface area (Å²) in [7, 11) is 0. The first kappa shape index (κ1) is 21.4. The lowest BCUT2D eigenvalue weighted by Crippen LogP contribution is -2.62. The fraction of sp³-hybridized carbons (Fsp3) is 0.542. The van der Waals surface area contributed by atoms with Gasteiger partial charge in [0.05, 0.1) is 13.1 Å². The highest BCUT2D eigenvalue weighted by Gasteiger charge is 2.41. The van der Waals surface area contributed by atoms with Crippen LogP contribution in [0.3, 0.4) is 0 Å². The first-order valence-corrected chi connectivity index (χ1v) is 11.3. The van der Waals surface area contributed by atoms with Gasteiger partial charge in [-0.05, 0) is 36.8 Å². The number of nitrogens with one attached hydrogen (secondary N) is 1. The van der Waals surface area contributed by atoms with Gasteiger partial charge in [0.25, 0.3) is 0 Å². The van der Waals surface area contributed by atoms with Crippen molar-refractivity contribution in [1.82, 2.24) is 19.7 Å². The summed E-state index contributed by atoms with van der Waals surface area (Å²) in [4.78, 5) is 47.1. The predicted octanol–water partition coefficient (Wildman–Crippen LogP) is 2.42. The fourth-order valence-electron chi connectivity index (χ4n) is 4.79. The van der Waals surface area contributed by atoms with E-state index in [0.717, 1.165) is 18.4 Å². The fourth-order valence-corrected chi connectivity index (χ4v) is 4.79. The van der Waals surface area contributed by atoms with Crippen LogP contribution in [-0.2, 0) is 20.8 Å². The highest BCUT2D eigenvalue weighted by atomic mass is 16.2. The highest BCUT2D eigenvalue weighted by Crippen LogP contribution is 2.22. The average molecular weight is 425 g/mol. The Balaban J connectivity index is 1.37. The number of H-pyrrole nitrogens is 1. The summed E-state index contributed by atoms with van der Waals surface area (Å²) in [5.41, 5.74) is 2.34. The molecule has 0 bridgehead atoms. The molecule has 166 valence electrons. The third-order valence-corrected chi connectivity index (χ3v) is 6.29. The molecule has 4 rings (SSSR count). The monoisotopic (exact) mass is 424 g/mol. The van der Waals surface area contributed by atoms with Crippen molar-refractivity contribution in [1.29, 1.82) is 0 Å². The largest absolute Gasteiger partial charge is 0.361 e. The smallest absolute Gasteiger partial charge is 0.247 e. The van der Waals surface area contributed by atoms with Crippen molar-refractivity contribution in [2.45, 2.75) is 45.6 Å². The molecule has 0 aliphatic carbocycles. The number of hydrogen-bond acceptors (Lipinski definition) is 3. The van der Waals surface area contributed by atoms with E-state index < -0.39 is 6.04 Å². The van der Waals surface area contributed by atoms with Crippen LogP contribution >= 0.6 is 0 Å². The molecule has 2 aliphatic heterocycles. The molecule has 1 aromatic carbocycles. The van der Waals surface area contributed by atoms with E-state index >= 15 is 0 Å². The van der Waals surface area contributed by atoms with E-state index in [1.54, 1.807) is 14.7 Å². The SMILES string of the molecule is CC(C)CN1CC(=O)N2CCCN(C(=O)CCCc3c[nH]c4ccccc34)CC2C1=O. The molecule has 1 N–H and O–H groups in total. The number of rotatable bonds is 6. The van der Waals surface area contributed by atoms with Crippen molar-refractivity contribution < 1.29 is 14.4 Å². The van der Waals surface area contributed by atoms with Crippen molar-refractivity contribution in [3.8, 4) is 0 Å². The summed E-state index contributed by atoms with van der Waals surface area (Å²) in [6.07, 6.45) is 4.78. The summed E-state index contributed by atoms with van der Waals surface area (Å²) in [5, 5.41) is 1.21. The van der Waals surface area contributed by atoms with Crippen molar-refractivity contribution in [2.75, 3.05) is 32.7 Å². The number of nitrogens with zero attached hydrogens (tertiary/aromatic N) is 3. The number of aryl methyl sites for hydroxylation is 1. The molecule has 7 nitrogen and oxygen atoms in total. The normalized spacial score (nSPS) is 19.8. The Kier molecular flexibility index (Phi) is 6.30. The van der Waals surface area contributed by atoms with Crippen molar-refractivity contribution in [2.24, 2.45) is 5.92 Å². The zero-order chi connectivity index (χ0) is 22.0. The second kappa shape index (κ2) is 9.12. The molecule has 3 heterocycles. The summed E-state index contributed by atoms with van der Waals surface area (Å²) < 4.78 is 0. The molecule has 0 radical (unpaired) electrons. The first-order valence-electron chi connectivity index (χ1n) is 11.3. The average Bonchev–Trinajstić information content (AvgIpc) is 3.00.